The molecule has 0 aliphatic heterocycles. The first kappa shape index (κ1) is 17.0. The van der Waals surface area contributed by atoms with Crippen LogP contribution in [0.2, 0.25) is 0 Å². The van der Waals surface area contributed by atoms with E-state index < -0.39 is 13.4 Å². The predicted octanol–water partition coefficient (Wildman–Crippen LogP) is 0.357. The molecule has 0 spiro atoms. The van der Waals surface area contributed by atoms with E-state index >= 15 is 0 Å². The lowest BCUT2D eigenvalue weighted by atomic mass is 10.2. The summed E-state index contributed by atoms with van der Waals surface area (Å²) in [5.74, 6) is -0.806. The molecular weight excluding hydrogens is 245 g/mol. The fourth-order valence-electron chi connectivity index (χ4n) is 1.55. The average molecular weight is 269 g/mol. The minimum atomic E-state index is -4.11. The highest BCUT2D eigenvalue weighted by atomic mass is 31.2. The highest BCUT2D eigenvalue weighted by molar-refractivity contribution is 7.52. The summed E-state index contributed by atoms with van der Waals surface area (Å²) < 4.78 is 11.2. The molecule has 6 nitrogen and oxygen atoms in total. The van der Waals surface area contributed by atoms with Crippen LogP contribution < -0.4 is 0 Å². The highest BCUT2D eigenvalue weighted by Gasteiger charge is 2.29. The maximum absolute atomic E-state index is 11.2. The van der Waals surface area contributed by atoms with Crippen molar-refractivity contribution < 1.29 is 24.6 Å². The Balaban J connectivity index is 4.23. The number of rotatable bonds is 10. The number of hydrogen-bond donors (Lipinski definition) is 4. The molecule has 0 bridgehead atoms. The maximum Gasteiger partial charge on any atom is 0.342 e. The third kappa shape index (κ3) is 7.86. The lowest BCUT2D eigenvalue weighted by Gasteiger charge is -2.29. The highest BCUT2D eigenvalue weighted by Crippen LogP contribution is 2.42. The second kappa shape index (κ2) is 9.03. The predicted molar refractivity (Wildman–Crippen MR) is 65.7 cm³/mol. The van der Waals surface area contributed by atoms with Crippen molar-refractivity contribution in [1.29, 1.82) is 0 Å². The summed E-state index contributed by atoms with van der Waals surface area (Å²) in [6.45, 7) is 2.80. The second-order valence-electron chi connectivity index (χ2n) is 4.12. The smallest absolute Gasteiger partial charge is 0.342 e. The van der Waals surface area contributed by atoms with Gasteiger partial charge in [0.05, 0.1) is 0 Å². The van der Waals surface area contributed by atoms with Crippen molar-refractivity contribution in [3.63, 3.8) is 0 Å². The van der Waals surface area contributed by atoms with Gasteiger partial charge in [-0.1, -0.05) is 0 Å². The van der Waals surface area contributed by atoms with Gasteiger partial charge >= 0.3 is 7.60 Å². The van der Waals surface area contributed by atoms with Gasteiger partial charge < -0.3 is 20.0 Å². The number of nitrogens with zero attached hydrogens (tertiary/aromatic N) is 1. The van der Waals surface area contributed by atoms with Crippen LogP contribution in [-0.4, -0.2) is 57.0 Å². The van der Waals surface area contributed by atoms with Crippen LogP contribution in [0.5, 0.6) is 0 Å². The standard InChI is InChI=1S/C10H24NO5P/c1-10(17(14,15)16)11(6-2-4-8-12)7-3-5-9-13/h10,12-13H,2-9H2,1H3,(H2,14,15,16). The van der Waals surface area contributed by atoms with Crippen molar-refractivity contribution in [2.45, 2.75) is 38.4 Å². The Kier molecular flexibility index (Phi) is 9.04. The van der Waals surface area contributed by atoms with Gasteiger partial charge in [-0.05, 0) is 45.7 Å². The van der Waals surface area contributed by atoms with E-state index in [0.29, 0.717) is 38.8 Å². The molecule has 0 rings (SSSR count). The molecule has 4 N–H and O–H groups in total. The molecule has 0 aliphatic rings. The van der Waals surface area contributed by atoms with Crippen LogP contribution in [0.4, 0.5) is 0 Å². The van der Waals surface area contributed by atoms with Crippen LogP contribution in [0, 0.1) is 0 Å². The molecule has 0 fully saturated rings. The maximum atomic E-state index is 11.2. The van der Waals surface area contributed by atoms with Crippen molar-refractivity contribution in [3.8, 4) is 0 Å². The fraction of sp³-hybridized carbons (Fsp3) is 1.00. The normalized spacial score (nSPS) is 14.2. The van der Waals surface area contributed by atoms with Gasteiger partial charge in [0.25, 0.3) is 0 Å². The van der Waals surface area contributed by atoms with Gasteiger partial charge in [-0.15, -0.1) is 0 Å². The summed E-state index contributed by atoms with van der Waals surface area (Å²) in [7, 11) is -4.11. The molecule has 1 atom stereocenters. The molecule has 0 aromatic heterocycles. The SMILES string of the molecule is CC(N(CCCCO)CCCCO)P(=O)(O)O. The van der Waals surface area contributed by atoms with Crippen molar-refractivity contribution in [2.24, 2.45) is 0 Å². The molecule has 0 saturated carbocycles. The van der Waals surface area contributed by atoms with E-state index in [0.717, 1.165) is 0 Å². The molecule has 17 heavy (non-hydrogen) atoms. The van der Waals surface area contributed by atoms with Crippen LogP contribution in [0.3, 0.4) is 0 Å². The van der Waals surface area contributed by atoms with Crippen molar-refractivity contribution >= 4 is 7.60 Å². The van der Waals surface area contributed by atoms with Crippen molar-refractivity contribution in [2.75, 3.05) is 26.3 Å². The van der Waals surface area contributed by atoms with E-state index in [2.05, 4.69) is 0 Å². The molecule has 7 heteroatoms. The molecule has 104 valence electrons. The Bertz CT molecular complexity index is 223. The topological polar surface area (TPSA) is 101 Å². The van der Waals surface area contributed by atoms with Crippen LogP contribution in [0.15, 0.2) is 0 Å². The zero-order chi connectivity index (χ0) is 13.3. The van der Waals surface area contributed by atoms with E-state index in [9.17, 15) is 4.57 Å². The lowest BCUT2D eigenvalue weighted by molar-refractivity contribution is 0.198. The van der Waals surface area contributed by atoms with Gasteiger partial charge in [-0.2, -0.15) is 0 Å². The average Bonchev–Trinajstić information content (AvgIpc) is 2.25. The Labute approximate surface area is 102 Å². The summed E-state index contributed by atoms with van der Waals surface area (Å²) in [4.78, 5) is 20.0. The minimum absolute atomic E-state index is 0.0920. The van der Waals surface area contributed by atoms with Crippen LogP contribution in [0.25, 0.3) is 0 Å². The van der Waals surface area contributed by atoms with Gasteiger partial charge in [-0.3, -0.25) is 9.46 Å². The monoisotopic (exact) mass is 269 g/mol. The first-order valence-corrected chi connectivity index (χ1v) is 7.62. The molecule has 0 aromatic carbocycles. The molecule has 0 radical (unpaired) electrons. The van der Waals surface area contributed by atoms with Gasteiger partial charge in [0.2, 0.25) is 0 Å². The van der Waals surface area contributed by atoms with Gasteiger partial charge in [0.1, 0.15) is 5.78 Å². The Hall–Kier alpha value is 0.0300. The quantitative estimate of drug-likeness (QED) is 0.337. The Morgan fingerprint density at radius 2 is 1.41 bits per heavy atom. The summed E-state index contributed by atoms with van der Waals surface area (Å²) in [6, 6.07) is 0. The summed E-state index contributed by atoms with van der Waals surface area (Å²) >= 11 is 0. The fourth-order valence-corrected chi connectivity index (χ4v) is 2.21. The van der Waals surface area contributed by atoms with Gasteiger partial charge in [-0.25, -0.2) is 0 Å². The molecular formula is C10H24NO5P. The van der Waals surface area contributed by atoms with Gasteiger partial charge in [0, 0.05) is 13.2 Å². The van der Waals surface area contributed by atoms with Gasteiger partial charge in [0.15, 0.2) is 0 Å². The van der Waals surface area contributed by atoms with E-state index in [1.165, 1.54) is 6.92 Å². The van der Waals surface area contributed by atoms with Crippen molar-refractivity contribution in [3.05, 3.63) is 0 Å². The van der Waals surface area contributed by atoms with Crippen molar-refractivity contribution in [1.82, 2.24) is 4.90 Å². The molecule has 1 unspecified atom stereocenters. The summed E-state index contributed by atoms with van der Waals surface area (Å²) in [5.41, 5.74) is 0. The molecule has 0 saturated heterocycles. The zero-order valence-corrected chi connectivity index (χ0v) is 11.2. The third-order valence-electron chi connectivity index (χ3n) is 2.72. The lowest BCUT2D eigenvalue weighted by Crippen LogP contribution is -2.35. The first-order valence-electron chi connectivity index (χ1n) is 5.94. The first-order chi connectivity index (χ1) is 7.93. The van der Waals surface area contributed by atoms with Crippen LogP contribution >= 0.6 is 7.60 Å². The number of aliphatic hydroxyl groups is 2. The number of aliphatic hydroxyl groups excluding tert-OH is 2. The second-order valence-corrected chi connectivity index (χ2v) is 6.04. The molecule has 0 amide bonds. The number of unbranched alkanes of at least 4 members (excludes halogenated alkanes) is 2. The summed E-state index contributed by atoms with van der Waals surface area (Å²) in [6.07, 6.45) is 2.68. The van der Waals surface area contributed by atoms with E-state index in [4.69, 9.17) is 20.0 Å². The van der Waals surface area contributed by atoms with E-state index in [1.54, 1.807) is 4.90 Å². The largest absolute Gasteiger partial charge is 0.396 e. The zero-order valence-electron chi connectivity index (χ0n) is 10.3. The summed E-state index contributed by atoms with van der Waals surface area (Å²) in [5, 5.41) is 17.4. The molecule has 0 aliphatic carbocycles. The van der Waals surface area contributed by atoms with Crippen LogP contribution in [-0.2, 0) is 4.57 Å². The third-order valence-corrected chi connectivity index (χ3v) is 4.02. The van der Waals surface area contributed by atoms with E-state index in [-0.39, 0.29) is 13.2 Å². The van der Waals surface area contributed by atoms with E-state index in [1.807, 2.05) is 0 Å². The van der Waals surface area contributed by atoms with Crippen LogP contribution in [0.1, 0.15) is 32.6 Å². The number of hydrogen-bond acceptors (Lipinski definition) is 4. The minimum Gasteiger partial charge on any atom is -0.396 e. The molecule has 0 aromatic rings. The Morgan fingerprint density at radius 1 is 1.00 bits per heavy atom. The Morgan fingerprint density at radius 3 is 1.71 bits per heavy atom. The molecule has 0 heterocycles.